The van der Waals surface area contributed by atoms with E-state index in [0.717, 1.165) is 28.8 Å². The topological polar surface area (TPSA) is 43.9 Å². The van der Waals surface area contributed by atoms with Crippen LogP contribution >= 0.6 is 0 Å². The van der Waals surface area contributed by atoms with Crippen molar-refractivity contribution >= 4 is 11.0 Å². The molecule has 4 nitrogen and oxygen atoms in total. The van der Waals surface area contributed by atoms with Gasteiger partial charge in [-0.1, -0.05) is 18.1 Å². The van der Waals surface area contributed by atoms with Gasteiger partial charge in [-0.05, 0) is 25.0 Å². The van der Waals surface area contributed by atoms with Crippen LogP contribution in [0.15, 0.2) is 35.4 Å². The SMILES string of the molecule is CCc1cn(-c2ccc(C)c3cnoc23)cn1. The summed E-state index contributed by atoms with van der Waals surface area (Å²) in [5.74, 6) is 0. The van der Waals surface area contributed by atoms with Crippen LogP contribution in [0.5, 0.6) is 0 Å². The van der Waals surface area contributed by atoms with E-state index in [-0.39, 0.29) is 0 Å². The Bertz CT molecular complexity index is 666. The molecule has 4 heteroatoms. The second-order valence-corrected chi connectivity index (χ2v) is 4.10. The van der Waals surface area contributed by atoms with Crippen LogP contribution < -0.4 is 0 Å². The first kappa shape index (κ1) is 10.1. The summed E-state index contributed by atoms with van der Waals surface area (Å²) in [4.78, 5) is 4.33. The maximum absolute atomic E-state index is 5.33. The first-order chi connectivity index (χ1) is 8.29. The number of rotatable bonds is 2. The van der Waals surface area contributed by atoms with Gasteiger partial charge in [-0.25, -0.2) is 4.98 Å². The van der Waals surface area contributed by atoms with Gasteiger partial charge in [-0.3, -0.25) is 0 Å². The quantitative estimate of drug-likeness (QED) is 0.676. The Kier molecular flexibility index (Phi) is 2.21. The van der Waals surface area contributed by atoms with Gasteiger partial charge in [0.15, 0.2) is 5.58 Å². The van der Waals surface area contributed by atoms with E-state index < -0.39 is 0 Å². The average molecular weight is 227 g/mol. The van der Waals surface area contributed by atoms with Gasteiger partial charge in [0.2, 0.25) is 0 Å². The number of imidazole rings is 1. The van der Waals surface area contributed by atoms with E-state index >= 15 is 0 Å². The molecule has 0 unspecified atom stereocenters. The van der Waals surface area contributed by atoms with Gasteiger partial charge in [0.25, 0.3) is 0 Å². The molecule has 0 atom stereocenters. The van der Waals surface area contributed by atoms with Crippen molar-refractivity contribution in [2.75, 3.05) is 0 Å². The minimum absolute atomic E-state index is 0.810. The summed E-state index contributed by atoms with van der Waals surface area (Å²) < 4.78 is 7.31. The summed E-state index contributed by atoms with van der Waals surface area (Å²) in [6, 6.07) is 4.10. The summed E-state index contributed by atoms with van der Waals surface area (Å²) in [6.07, 6.45) is 6.52. The zero-order chi connectivity index (χ0) is 11.8. The molecule has 0 bridgehead atoms. The van der Waals surface area contributed by atoms with Crippen molar-refractivity contribution in [2.24, 2.45) is 0 Å². The largest absolute Gasteiger partial charge is 0.354 e. The fourth-order valence-corrected chi connectivity index (χ4v) is 1.96. The van der Waals surface area contributed by atoms with E-state index in [9.17, 15) is 0 Å². The minimum Gasteiger partial charge on any atom is -0.354 e. The van der Waals surface area contributed by atoms with Crippen LogP contribution in [-0.4, -0.2) is 14.7 Å². The van der Waals surface area contributed by atoms with Gasteiger partial charge in [-0.15, -0.1) is 0 Å². The van der Waals surface area contributed by atoms with Crippen molar-refractivity contribution in [1.82, 2.24) is 14.7 Å². The molecule has 2 heterocycles. The molecule has 0 aliphatic carbocycles. The standard InChI is InChI=1S/C13H13N3O/c1-3-10-7-16(8-14-10)12-5-4-9(2)11-6-15-17-13(11)12/h4-8H,3H2,1-2H3. The van der Waals surface area contributed by atoms with Gasteiger partial charge in [0.1, 0.15) is 0 Å². The van der Waals surface area contributed by atoms with Crippen LogP contribution in [0.2, 0.25) is 0 Å². The molecule has 3 rings (SSSR count). The number of hydrogen-bond donors (Lipinski definition) is 0. The third kappa shape index (κ3) is 1.53. The smallest absolute Gasteiger partial charge is 0.191 e. The van der Waals surface area contributed by atoms with Crippen molar-refractivity contribution in [3.63, 3.8) is 0 Å². The zero-order valence-corrected chi connectivity index (χ0v) is 9.84. The average Bonchev–Trinajstić information content (AvgIpc) is 2.98. The number of nitrogens with zero attached hydrogens (tertiary/aromatic N) is 3. The van der Waals surface area contributed by atoms with E-state index in [1.807, 2.05) is 23.2 Å². The molecule has 0 amide bonds. The van der Waals surface area contributed by atoms with Crippen LogP contribution in [0.3, 0.4) is 0 Å². The summed E-state index contributed by atoms with van der Waals surface area (Å²) in [5, 5.41) is 4.92. The lowest BCUT2D eigenvalue weighted by molar-refractivity contribution is 0.455. The molecule has 17 heavy (non-hydrogen) atoms. The number of fused-ring (bicyclic) bond motifs is 1. The Hall–Kier alpha value is -2.10. The van der Waals surface area contributed by atoms with Gasteiger partial charge in [0, 0.05) is 11.6 Å². The molecule has 1 aromatic carbocycles. The monoisotopic (exact) mass is 227 g/mol. The van der Waals surface area contributed by atoms with Crippen LogP contribution in [0.25, 0.3) is 16.7 Å². The fraction of sp³-hybridized carbons (Fsp3) is 0.231. The number of benzene rings is 1. The second kappa shape index (κ2) is 3.73. The highest BCUT2D eigenvalue weighted by molar-refractivity contribution is 5.86. The maximum atomic E-state index is 5.33. The maximum Gasteiger partial charge on any atom is 0.191 e. The van der Waals surface area contributed by atoms with Crippen molar-refractivity contribution in [3.05, 3.63) is 42.1 Å². The first-order valence-corrected chi connectivity index (χ1v) is 5.67. The molecule has 0 saturated heterocycles. The Morgan fingerprint density at radius 3 is 3.00 bits per heavy atom. The molecule has 0 spiro atoms. The molecule has 0 aliphatic heterocycles. The molecule has 0 N–H and O–H groups in total. The molecule has 0 saturated carbocycles. The highest BCUT2D eigenvalue weighted by Gasteiger charge is 2.10. The Morgan fingerprint density at radius 1 is 1.35 bits per heavy atom. The lowest BCUT2D eigenvalue weighted by Gasteiger charge is -2.03. The minimum atomic E-state index is 0.810. The van der Waals surface area contributed by atoms with Gasteiger partial charge < -0.3 is 9.09 Å². The highest BCUT2D eigenvalue weighted by atomic mass is 16.5. The molecule has 2 aromatic heterocycles. The Labute approximate surface area is 98.9 Å². The molecule has 86 valence electrons. The zero-order valence-electron chi connectivity index (χ0n) is 9.84. The second-order valence-electron chi connectivity index (χ2n) is 4.10. The summed E-state index contributed by atoms with van der Waals surface area (Å²) >= 11 is 0. The predicted molar refractivity (Wildman–Crippen MR) is 65.2 cm³/mol. The Morgan fingerprint density at radius 2 is 2.24 bits per heavy atom. The summed E-state index contributed by atoms with van der Waals surface area (Å²) in [6.45, 7) is 4.14. The van der Waals surface area contributed by atoms with Crippen molar-refractivity contribution in [1.29, 1.82) is 0 Å². The number of aryl methyl sites for hydroxylation is 2. The van der Waals surface area contributed by atoms with Crippen molar-refractivity contribution in [3.8, 4) is 5.69 Å². The lowest BCUT2D eigenvalue weighted by Crippen LogP contribution is -1.91. The molecule has 0 aliphatic rings. The van der Waals surface area contributed by atoms with Crippen LogP contribution in [0, 0.1) is 6.92 Å². The summed E-state index contributed by atoms with van der Waals surface area (Å²) in [7, 11) is 0. The van der Waals surface area contributed by atoms with Gasteiger partial charge in [0.05, 0.1) is 23.9 Å². The van der Waals surface area contributed by atoms with Crippen LogP contribution in [-0.2, 0) is 6.42 Å². The molecular formula is C13H13N3O. The van der Waals surface area contributed by atoms with Crippen molar-refractivity contribution in [2.45, 2.75) is 20.3 Å². The van der Waals surface area contributed by atoms with E-state index in [1.165, 1.54) is 5.56 Å². The predicted octanol–water partition coefficient (Wildman–Crippen LogP) is 2.88. The van der Waals surface area contributed by atoms with E-state index in [4.69, 9.17) is 4.52 Å². The molecule has 3 aromatic rings. The summed E-state index contributed by atoms with van der Waals surface area (Å²) in [5.41, 5.74) is 4.03. The lowest BCUT2D eigenvalue weighted by atomic mass is 10.1. The van der Waals surface area contributed by atoms with Crippen molar-refractivity contribution < 1.29 is 4.52 Å². The molecular weight excluding hydrogens is 214 g/mol. The van der Waals surface area contributed by atoms with Gasteiger partial charge >= 0.3 is 0 Å². The first-order valence-electron chi connectivity index (χ1n) is 5.67. The third-order valence-electron chi connectivity index (χ3n) is 3.00. The fourth-order valence-electron chi connectivity index (χ4n) is 1.96. The number of aromatic nitrogens is 3. The normalized spacial score (nSPS) is 11.2. The van der Waals surface area contributed by atoms with Crippen LogP contribution in [0.1, 0.15) is 18.2 Å². The van der Waals surface area contributed by atoms with Crippen LogP contribution in [0.4, 0.5) is 0 Å². The van der Waals surface area contributed by atoms with E-state index in [2.05, 4.69) is 30.1 Å². The van der Waals surface area contributed by atoms with E-state index in [0.29, 0.717) is 0 Å². The highest BCUT2D eigenvalue weighted by Crippen LogP contribution is 2.25. The third-order valence-corrected chi connectivity index (χ3v) is 3.00. The van der Waals surface area contributed by atoms with E-state index in [1.54, 1.807) is 6.20 Å². The number of hydrogen-bond acceptors (Lipinski definition) is 3. The Balaban J connectivity index is 2.23. The molecule has 0 radical (unpaired) electrons. The molecule has 0 fully saturated rings. The van der Waals surface area contributed by atoms with Gasteiger partial charge in [-0.2, -0.15) is 0 Å².